The average Bonchev–Trinajstić information content (AvgIpc) is 2.35. The fourth-order valence-electron chi connectivity index (χ4n) is 2.11. The van der Waals surface area contributed by atoms with Gasteiger partial charge in [-0.2, -0.15) is 0 Å². The molecule has 5 nitrogen and oxygen atoms in total. The summed E-state index contributed by atoms with van der Waals surface area (Å²) < 4.78 is 5.39. The van der Waals surface area contributed by atoms with Crippen molar-refractivity contribution < 1.29 is 9.94 Å². The number of amidine groups is 1. The second-order valence-electron chi connectivity index (χ2n) is 5.42. The summed E-state index contributed by atoms with van der Waals surface area (Å²) in [6.07, 6.45) is 3.58. The molecule has 0 saturated carbocycles. The van der Waals surface area contributed by atoms with Crippen LogP contribution in [-0.2, 0) is 4.74 Å². The molecule has 0 bridgehead atoms. The van der Waals surface area contributed by atoms with E-state index in [2.05, 4.69) is 10.1 Å². The fourth-order valence-corrected chi connectivity index (χ4v) is 2.11. The van der Waals surface area contributed by atoms with Crippen LogP contribution in [0.2, 0.25) is 0 Å². The van der Waals surface area contributed by atoms with E-state index < -0.39 is 0 Å². The van der Waals surface area contributed by atoms with Crippen LogP contribution in [0.5, 0.6) is 0 Å². The molecule has 1 heterocycles. The molecule has 3 N–H and O–H groups in total. The minimum absolute atomic E-state index is 0.255. The molecule has 1 aliphatic heterocycles. The molecular weight excluding hydrogens is 218 g/mol. The average molecular weight is 243 g/mol. The highest BCUT2D eigenvalue weighted by Crippen LogP contribution is 2.22. The zero-order valence-electron chi connectivity index (χ0n) is 11.1. The van der Waals surface area contributed by atoms with Gasteiger partial charge in [0.15, 0.2) is 0 Å². The predicted molar refractivity (Wildman–Crippen MR) is 68.3 cm³/mol. The van der Waals surface area contributed by atoms with Crippen molar-refractivity contribution in [2.24, 2.45) is 16.3 Å². The van der Waals surface area contributed by atoms with Gasteiger partial charge in [0.2, 0.25) is 0 Å². The first-order valence-electron chi connectivity index (χ1n) is 6.22. The minimum atomic E-state index is -0.255. The van der Waals surface area contributed by atoms with E-state index in [1.807, 2.05) is 13.8 Å². The molecule has 0 radical (unpaired) electrons. The lowest BCUT2D eigenvalue weighted by atomic mass is 9.87. The zero-order valence-corrected chi connectivity index (χ0v) is 11.1. The first-order chi connectivity index (χ1) is 7.99. The standard InChI is InChI=1S/C12H25N3O2/c1-12(2,11(13)14-16)6-8-15-7-4-5-10(9-15)17-3/h10,16H,4-9H2,1-3H3,(H2,13,14). The largest absolute Gasteiger partial charge is 0.409 e. The summed E-state index contributed by atoms with van der Waals surface area (Å²) in [5.74, 6) is 0.304. The van der Waals surface area contributed by atoms with Gasteiger partial charge in [0.1, 0.15) is 5.84 Å². The number of oxime groups is 1. The van der Waals surface area contributed by atoms with Gasteiger partial charge in [-0.15, -0.1) is 0 Å². The Morgan fingerprint density at radius 2 is 2.29 bits per heavy atom. The lowest BCUT2D eigenvalue weighted by molar-refractivity contribution is 0.0290. The Labute approximate surface area is 104 Å². The van der Waals surface area contributed by atoms with Crippen molar-refractivity contribution in [3.05, 3.63) is 0 Å². The number of hydrogen-bond acceptors (Lipinski definition) is 4. The van der Waals surface area contributed by atoms with Gasteiger partial charge in [0.05, 0.1) is 6.10 Å². The van der Waals surface area contributed by atoms with Crippen molar-refractivity contribution in [1.29, 1.82) is 0 Å². The van der Waals surface area contributed by atoms with Gasteiger partial charge < -0.3 is 20.6 Å². The lowest BCUT2D eigenvalue weighted by Gasteiger charge is -2.34. The summed E-state index contributed by atoms with van der Waals surface area (Å²) in [6.45, 7) is 7.07. The van der Waals surface area contributed by atoms with E-state index in [0.29, 0.717) is 11.9 Å². The molecule has 1 unspecified atom stereocenters. The van der Waals surface area contributed by atoms with Gasteiger partial charge in [0.25, 0.3) is 0 Å². The van der Waals surface area contributed by atoms with Crippen molar-refractivity contribution in [2.45, 2.75) is 39.2 Å². The van der Waals surface area contributed by atoms with Crippen molar-refractivity contribution in [3.63, 3.8) is 0 Å². The monoisotopic (exact) mass is 243 g/mol. The maximum atomic E-state index is 8.72. The first-order valence-corrected chi connectivity index (χ1v) is 6.22. The van der Waals surface area contributed by atoms with Gasteiger partial charge in [-0.05, 0) is 32.4 Å². The van der Waals surface area contributed by atoms with E-state index in [-0.39, 0.29) is 5.41 Å². The Morgan fingerprint density at radius 1 is 1.59 bits per heavy atom. The number of methoxy groups -OCH3 is 1. The second-order valence-corrected chi connectivity index (χ2v) is 5.42. The number of ether oxygens (including phenoxy) is 1. The van der Waals surface area contributed by atoms with Crippen LogP contribution in [0, 0.1) is 5.41 Å². The number of likely N-dealkylation sites (tertiary alicyclic amines) is 1. The quantitative estimate of drug-likeness (QED) is 0.330. The highest BCUT2D eigenvalue weighted by molar-refractivity contribution is 5.85. The normalized spacial score (nSPS) is 23.9. The van der Waals surface area contributed by atoms with Crippen LogP contribution in [0.1, 0.15) is 33.1 Å². The van der Waals surface area contributed by atoms with Crippen LogP contribution in [0.4, 0.5) is 0 Å². The molecule has 0 aromatic heterocycles. The van der Waals surface area contributed by atoms with Crippen molar-refractivity contribution in [2.75, 3.05) is 26.7 Å². The van der Waals surface area contributed by atoms with Crippen molar-refractivity contribution >= 4 is 5.84 Å². The Bertz CT molecular complexity index is 266. The number of hydrogen-bond donors (Lipinski definition) is 2. The number of rotatable bonds is 5. The topological polar surface area (TPSA) is 71.1 Å². The molecule has 1 saturated heterocycles. The van der Waals surface area contributed by atoms with Crippen molar-refractivity contribution in [3.8, 4) is 0 Å². The van der Waals surface area contributed by atoms with Crippen molar-refractivity contribution in [1.82, 2.24) is 4.90 Å². The molecular formula is C12H25N3O2. The minimum Gasteiger partial charge on any atom is -0.409 e. The smallest absolute Gasteiger partial charge is 0.144 e. The third kappa shape index (κ3) is 4.16. The lowest BCUT2D eigenvalue weighted by Crippen LogP contribution is -2.42. The molecule has 1 aliphatic rings. The van der Waals surface area contributed by atoms with E-state index in [0.717, 1.165) is 32.5 Å². The summed E-state index contributed by atoms with van der Waals surface area (Å²) in [5, 5.41) is 11.8. The van der Waals surface area contributed by atoms with E-state index in [1.54, 1.807) is 7.11 Å². The molecule has 5 heteroatoms. The van der Waals surface area contributed by atoms with Crippen LogP contribution >= 0.6 is 0 Å². The Kier molecular flexibility index (Phi) is 5.21. The Hall–Kier alpha value is -0.810. The fraction of sp³-hybridized carbons (Fsp3) is 0.917. The summed E-state index contributed by atoms with van der Waals surface area (Å²) in [5.41, 5.74) is 5.42. The van der Waals surface area contributed by atoms with Crippen LogP contribution in [0.3, 0.4) is 0 Å². The summed E-state index contributed by atoms with van der Waals surface area (Å²) in [6, 6.07) is 0. The van der Waals surface area contributed by atoms with Gasteiger partial charge in [0, 0.05) is 19.1 Å². The van der Waals surface area contributed by atoms with E-state index in [9.17, 15) is 0 Å². The third-order valence-electron chi connectivity index (χ3n) is 3.65. The molecule has 0 amide bonds. The molecule has 17 heavy (non-hydrogen) atoms. The summed E-state index contributed by atoms with van der Waals surface area (Å²) in [7, 11) is 1.77. The molecule has 100 valence electrons. The van der Waals surface area contributed by atoms with Crippen LogP contribution in [0.15, 0.2) is 5.16 Å². The maximum absolute atomic E-state index is 8.72. The Balaban J connectivity index is 2.40. The highest BCUT2D eigenvalue weighted by Gasteiger charge is 2.26. The van der Waals surface area contributed by atoms with E-state index in [1.165, 1.54) is 6.42 Å². The molecule has 0 aromatic rings. The number of nitrogens with two attached hydrogens (primary N) is 1. The molecule has 1 fully saturated rings. The summed E-state index contributed by atoms with van der Waals surface area (Å²) in [4.78, 5) is 2.39. The third-order valence-corrected chi connectivity index (χ3v) is 3.65. The van der Waals surface area contributed by atoms with E-state index in [4.69, 9.17) is 15.7 Å². The maximum Gasteiger partial charge on any atom is 0.144 e. The SMILES string of the molecule is COC1CCCN(CCC(C)(C)C(N)=NO)C1. The summed E-state index contributed by atoms with van der Waals surface area (Å²) >= 11 is 0. The van der Waals surface area contributed by atoms with Crippen LogP contribution < -0.4 is 5.73 Å². The van der Waals surface area contributed by atoms with Crippen LogP contribution in [-0.4, -0.2) is 48.8 Å². The highest BCUT2D eigenvalue weighted by atomic mass is 16.5. The Morgan fingerprint density at radius 3 is 2.88 bits per heavy atom. The molecule has 1 atom stereocenters. The zero-order chi connectivity index (χ0) is 12.9. The predicted octanol–water partition coefficient (Wildman–Crippen LogP) is 1.26. The number of piperidine rings is 1. The molecule has 0 aromatic carbocycles. The van der Waals surface area contributed by atoms with Gasteiger partial charge >= 0.3 is 0 Å². The molecule has 0 spiro atoms. The second kappa shape index (κ2) is 6.21. The van der Waals surface area contributed by atoms with E-state index >= 15 is 0 Å². The van der Waals surface area contributed by atoms with Gasteiger partial charge in [-0.3, -0.25) is 0 Å². The van der Waals surface area contributed by atoms with Gasteiger partial charge in [-0.1, -0.05) is 19.0 Å². The first kappa shape index (κ1) is 14.3. The molecule has 1 rings (SSSR count). The number of nitrogens with zero attached hydrogens (tertiary/aromatic N) is 2. The van der Waals surface area contributed by atoms with Gasteiger partial charge in [-0.25, -0.2) is 0 Å². The van der Waals surface area contributed by atoms with Crippen LogP contribution in [0.25, 0.3) is 0 Å². The molecule has 0 aliphatic carbocycles.